The van der Waals surface area contributed by atoms with E-state index < -0.39 is 0 Å². The molecule has 0 aliphatic rings. The molecule has 2 aromatic heterocycles. The minimum atomic E-state index is 0.471. The monoisotopic (exact) mass is 421 g/mol. The molecule has 2 aromatic carbocycles. The second-order valence-electron chi connectivity index (χ2n) is 6.63. The minimum Gasteiger partial charge on any atom is -0.497 e. The van der Waals surface area contributed by atoms with Crippen molar-refractivity contribution < 1.29 is 9.47 Å². The number of hydrogen-bond acceptors (Lipinski definition) is 7. The van der Waals surface area contributed by atoms with E-state index in [1.54, 1.807) is 7.11 Å². The van der Waals surface area contributed by atoms with Gasteiger partial charge in [-0.25, -0.2) is 9.97 Å². The van der Waals surface area contributed by atoms with Gasteiger partial charge in [-0.3, -0.25) is 5.10 Å². The zero-order valence-corrected chi connectivity index (χ0v) is 17.9. The Morgan fingerprint density at radius 1 is 1.07 bits per heavy atom. The first-order valence-electron chi connectivity index (χ1n) is 9.61. The molecular formula is C22H23N5O2S. The number of hydrogen-bond donors (Lipinski definition) is 2. The van der Waals surface area contributed by atoms with Crippen molar-refractivity contribution in [3.8, 4) is 11.5 Å². The van der Waals surface area contributed by atoms with Crippen LogP contribution in [-0.2, 0) is 13.0 Å². The van der Waals surface area contributed by atoms with Crippen molar-refractivity contribution in [2.45, 2.75) is 25.1 Å². The van der Waals surface area contributed by atoms with Crippen LogP contribution in [0.3, 0.4) is 0 Å². The van der Waals surface area contributed by atoms with Crippen LogP contribution in [0.5, 0.6) is 11.5 Å². The van der Waals surface area contributed by atoms with Crippen molar-refractivity contribution in [1.82, 2.24) is 20.2 Å². The maximum atomic E-state index is 5.99. The first-order chi connectivity index (χ1) is 14.7. The number of rotatable bonds is 8. The molecule has 7 nitrogen and oxygen atoms in total. The Morgan fingerprint density at radius 2 is 1.87 bits per heavy atom. The van der Waals surface area contributed by atoms with Gasteiger partial charge in [0.1, 0.15) is 23.9 Å². The third-order valence-electron chi connectivity index (χ3n) is 4.74. The molecule has 0 bridgehead atoms. The number of nitrogens with one attached hydrogen (secondary N) is 2. The average molecular weight is 422 g/mol. The Hall–Kier alpha value is -3.26. The number of thioether (sulfide) groups is 1. The molecule has 2 N–H and O–H groups in total. The number of fused-ring (bicyclic) bond motifs is 1. The molecule has 8 heteroatoms. The van der Waals surface area contributed by atoms with Gasteiger partial charge in [0, 0.05) is 17.1 Å². The van der Waals surface area contributed by atoms with E-state index in [1.165, 1.54) is 11.8 Å². The Kier molecular flexibility index (Phi) is 6.04. The first-order valence-corrected chi connectivity index (χ1v) is 10.8. The van der Waals surface area contributed by atoms with Gasteiger partial charge in [0.2, 0.25) is 0 Å². The van der Waals surface area contributed by atoms with Crippen molar-refractivity contribution in [2.75, 3.05) is 18.7 Å². The van der Waals surface area contributed by atoms with Gasteiger partial charge in [-0.15, -0.1) is 0 Å². The summed E-state index contributed by atoms with van der Waals surface area (Å²) in [4.78, 5) is 8.96. The van der Waals surface area contributed by atoms with Gasteiger partial charge < -0.3 is 14.8 Å². The number of ether oxygens (including phenoxy) is 2. The highest BCUT2D eigenvalue weighted by Crippen LogP contribution is 2.29. The van der Waals surface area contributed by atoms with E-state index in [2.05, 4.69) is 32.4 Å². The number of aromatic nitrogens is 4. The number of nitrogens with zero attached hydrogens (tertiary/aromatic N) is 3. The number of methoxy groups -OCH3 is 1. The highest BCUT2D eigenvalue weighted by Gasteiger charge is 2.12. The molecule has 4 rings (SSSR count). The lowest BCUT2D eigenvalue weighted by molar-refractivity contribution is 0.306. The number of aromatic amines is 1. The maximum Gasteiger partial charge on any atom is 0.189 e. The topological polar surface area (TPSA) is 85.0 Å². The van der Waals surface area contributed by atoms with Crippen molar-refractivity contribution in [3.63, 3.8) is 0 Å². The molecule has 154 valence electrons. The van der Waals surface area contributed by atoms with Gasteiger partial charge in [0.05, 0.1) is 12.6 Å². The molecular weight excluding hydrogens is 398 g/mol. The predicted octanol–water partition coefficient (Wildman–Crippen LogP) is 4.97. The number of benzene rings is 2. The van der Waals surface area contributed by atoms with Crippen LogP contribution in [0.15, 0.2) is 53.8 Å². The zero-order valence-electron chi connectivity index (χ0n) is 17.1. The highest BCUT2D eigenvalue weighted by molar-refractivity contribution is 7.98. The largest absolute Gasteiger partial charge is 0.497 e. The third kappa shape index (κ3) is 4.33. The molecule has 0 unspecified atom stereocenters. The van der Waals surface area contributed by atoms with Crippen LogP contribution in [-0.4, -0.2) is 33.5 Å². The summed E-state index contributed by atoms with van der Waals surface area (Å²) in [5, 5.41) is 12.5. The van der Waals surface area contributed by atoms with Crippen LogP contribution in [0.1, 0.15) is 18.1 Å². The molecule has 0 saturated heterocycles. The smallest absolute Gasteiger partial charge is 0.189 e. The molecule has 0 saturated carbocycles. The lowest BCUT2D eigenvalue weighted by Crippen LogP contribution is -2.02. The van der Waals surface area contributed by atoms with E-state index >= 15 is 0 Å². The van der Waals surface area contributed by atoms with Gasteiger partial charge in [0.15, 0.2) is 11.0 Å². The number of anilines is 2. The second kappa shape index (κ2) is 9.04. The molecule has 0 radical (unpaired) electrons. The quantitative estimate of drug-likeness (QED) is 0.307. The van der Waals surface area contributed by atoms with Gasteiger partial charge >= 0.3 is 0 Å². The van der Waals surface area contributed by atoms with E-state index in [0.29, 0.717) is 12.4 Å². The summed E-state index contributed by atoms with van der Waals surface area (Å²) < 4.78 is 11.2. The summed E-state index contributed by atoms with van der Waals surface area (Å²) in [6, 6.07) is 13.7. The van der Waals surface area contributed by atoms with Crippen LogP contribution in [0, 0.1) is 0 Å². The van der Waals surface area contributed by atoms with Gasteiger partial charge in [-0.1, -0.05) is 30.8 Å². The number of aryl methyl sites for hydroxylation is 1. The fourth-order valence-corrected chi connectivity index (χ4v) is 3.38. The fraction of sp³-hybridized carbons (Fsp3) is 0.227. The van der Waals surface area contributed by atoms with Crippen molar-refractivity contribution in [3.05, 3.63) is 59.8 Å². The molecule has 0 aliphatic carbocycles. The van der Waals surface area contributed by atoms with Crippen molar-refractivity contribution in [1.29, 1.82) is 0 Å². The lowest BCUT2D eigenvalue weighted by atomic mass is 10.2. The number of H-pyrrole nitrogens is 1. The molecule has 0 amide bonds. The van der Waals surface area contributed by atoms with E-state index in [4.69, 9.17) is 9.47 Å². The molecule has 4 aromatic rings. The molecule has 0 atom stereocenters. The highest BCUT2D eigenvalue weighted by atomic mass is 32.2. The summed E-state index contributed by atoms with van der Waals surface area (Å²) >= 11 is 1.51. The van der Waals surface area contributed by atoms with E-state index in [1.807, 2.05) is 54.9 Å². The first kappa shape index (κ1) is 20.0. The van der Waals surface area contributed by atoms with Crippen LogP contribution in [0.2, 0.25) is 0 Å². The molecule has 0 fully saturated rings. The maximum absolute atomic E-state index is 5.99. The van der Waals surface area contributed by atoms with Crippen molar-refractivity contribution in [2.24, 2.45) is 0 Å². The Morgan fingerprint density at radius 3 is 2.60 bits per heavy atom. The summed E-state index contributed by atoms with van der Waals surface area (Å²) in [7, 11) is 1.66. The molecule has 2 heterocycles. The summed E-state index contributed by atoms with van der Waals surface area (Å²) in [6.07, 6.45) is 4.65. The second-order valence-corrected chi connectivity index (χ2v) is 7.40. The molecule has 0 aliphatic heterocycles. The lowest BCUT2D eigenvalue weighted by Gasteiger charge is -2.10. The van der Waals surface area contributed by atoms with Crippen molar-refractivity contribution >= 4 is 34.3 Å². The summed E-state index contributed by atoms with van der Waals surface area (Å²) in [5.74, 6) is 3.08. The minimum absolute atomic E-state index is 0.471. The Labute approximate surface area is 179 Å². The van der Waals surface area contributed by atoms with Crippen LogP contribution in [0.4, 0.5) is 11.6 Å². The van der Waals surface area contributed by atoms with E-state index in [0.717, 1.165) is 50.9 Å². The predicted molar refractivity (Wildman–Crippen MR) is 120 cm³/mol. The average Bonchev–Trinajstić information content (AvgIpc) is 3.20. The van der Waals surface area contributed by atoms with Gasteiger partial charge in [-0.05, 0) is 48.6 Å². The standard InChI is InChI=1S/C22H23N5O2S/c1-4-15-12-23-22(30-3)25-20(15)24-21-18-11-17(9-10-19(18)26-27-21)29-13-14-5-7-16(28-2)8-6-14/h5-12H,4,13H2,1-3H3,(H2,23,24,25,26,27). The Bertz CT molecular complexity index is 1140. The van der Waals surface area contributed by atoms with Gasteiger partial charge in [-0.2, -0.15) is 5.10 Å². The zero-order chi connectivity index (χ0) is 20.9. The van der Waals surface area contributed by atoms with Crippen LogP contribution >= 0.6 is 11.8 Å². The van der Waals surface area contributed by atoms with E-state index in [-0.39, 0.29) is 0 Å². The Balaban J connectivity index is 1.55. The summed E-state index contributed by atoms with van der Waals surface area (Å²) in [6.45, 7) is 2.55. The summed E-state index contributed by atoms with van der Waals surface area (Å²) in [5.41, 5.74) is 3.03. The molecule has 0 spiro atoms. The fourth-order valence-electron chi connectivity index (χ4n) is 3.03. The third-order valence-corrected chi connectivity index (χ3v) is 5.30. The normalized spacial score (nSPS) is 10.9. The van der Waals surface area contributed by atoms with Crippen LogP contribution < -0.4 is 14.8 Å². The SMILES string of the molecule is CCc1cnc(SC)nc1Nc1n[nH]c2ccc(OCc3ccc(OC)cc3)cc12. The van der Waals surface area contributed by atoms with Crippen LogP contribution in [0.25, 0.3) is 10.9 Å². The molecule has 30 heavy (non-hydrogen) atoms. The van der Waals surface area contributed by atoms with E-state index in [9.17, 15) is 0 Å². The van der Waals surface area contributed by atoms with Gasteiger partial charge in [0.25, 0.3) is 0 Å².